The molecule has 4 rings (SSSR count). The maximum atomic E-state index is 13.0. The van der Waals surface area contributed by atoms with Crippen LogP contribution < -0.4 is 9.64 Å². The predicted octanol–water partition coefficient (Wildman–Crippen LogP) is 5.07. The van der Waals surface area contributed by atoms with Crippen molar-refractivity contribution in [2.45, 2.75) is 19.3 Å². The van der Waals surface area contributed by atoms with E-state index < -0.39 is 0 Å². The molecule has 0 spiro atoms. The Labute approximate surface area is 183 Å². The van der Waals surface area contributed by atoms with Gasteiger partial charge in [0.15, 0.2) is 0 Å². The first-order valence-corrected chi connectivity index (χ1v) is 11.2. The molecule has 0 radical (unpaired) electrons. The molecule has 2 aliphatic rings. The van der Waals surface area contributed by atoms with Gasteiger partial charge in [0, 0.05) is 22.5 Å². The number of carbonyl (C=O) groups is 1. The summed E-state index contributed by atoms with van der Waals surface area (Å²) in [6, 6.07) is 18.1. The van der Waals surface area contributed by atoms with Crippen LogP contribution in [0.4, 0.5) is 5.69 Å². The summed E-state index contributed by atoms with van der Waals surface area (Å²) in [7, 11) is 0. The van der Waals surface area contributed by atoms with Crippen LogP contribution in [0.3, 0.4) is 0 Å². The van der Waals surface area contributed by atoms with Gasteiger partial charge in [0.25, 0.3) is 0 Å². The van der Waals surface area contributed by atoms with Gasteiger partial charge in [0.1, 0.15) is 5.75 Å². The highest BCUT2D eigenvalue weighted by Gasteiger charge is 2.38. The maximum Gasteiger partial charge on any atom is 0.229 e. The Hall–Kier alpha value is -2.43. The van der Waals surface area contributed by atoms with E-state index in [9.17, 15) is 10.1 Å². The van der Waals surface area contributed by atoms with E-state index in [1.165, 1.54) is 0 Å². The number of benzene rings is 2. The Morgan fingerprint density at radius 1 is 1.21 bits per heavy atom. The van der Waals surface area contributed by atoms with E-state index in [0.717, 1.165) is 26.5 Å². The summed E-state index contributed by atoms with van der Waals surface area (Å²) in [6.07, 6.45) is 0.301. The van der Waals surface area contributed by atoms with Crippen molar-refractivity contribution in [1.29, 1.82) is 5.26 Å². The molecule has 2 heterocycles. The van der Waals surface area contributed by atoms with Gasteiger partial charge in [-0.05, 0) is 48.9 Å². The molecule has 1 saturated heterocycles. The molecule has 0 bridgehead atoms. The number of allylic oxidation sites excluding steroid dienone is 1. The highest BCUT2D eigenvalue weighted by Crippen LogP contribution is 2.43. The average molecular weight is 470 g/mol. The first kappa shape index (κ1) is 19.9. The Balaban J connectivity index is 1.61. The molecule has 0 N–H and O–H groups in total. The lowest BCUT2D eigenvalue weighted by Gasteiger charge is -2.42. The van der Waals surface area contributed by atoms with Crippen molar-refractivity contribution in [2.24, 2.45) is 0 Å². The molecule has 0 aliphatic carbocycles. The number of fused-ring (bicyclic) bond motifs is 1. The summed E-state index contributed by atoms with van der Waals surface area (Å²) in [5.41, 5.74) is 2.70. The van der Waals surface area contributed by atoms with Crippen LogP contribution in [0.25, 0.3) is 0 Å². The van der Waals surface area contributed by atoms with Gasteiger partial charge >= 0.3 is 0 Å². The molecule has 1 fully saturated rings. The Bertz CT molecular complexity index is 983. The summed E-state index contributed by atoms with van der Waals surface area (Å²) in [4.78, 5) is 16.9. The van der Waals surface area contributed by atoms with Crippen LogP contribution in [0.15, 0.2) is 63.6 Å². The number of rotatable bonds is 4. The zero-order chi connectivity index (χ0) is 20.4. The van der Waals surface area contributed by atoms with Crippen molar-refractivity contribution in [1.82, 2.24) is 4.90 Å². The van der Waals surface area contributed by atoms with Crippen molar-refractivity contribution in [3.8, 4) is 11.8 Å². The molecule has 29 heavy (non-hydrogen) atoms. The lowest BCUT2D eigenvalue weighted by Crippen LogP contribution is -2.47. The number of hydrogen-bond donors (Lipinski definition) is 0. The van der Waals surface area contributed by atoms with Crippen LogP contribution in [0.2, 0.25) is 0 Å². The highest BCUT2D eigenvalue weighted by molar-refractivity contribution is 9.10. The second kappa shape index (κ2) is 8.52. The van der Waals surface area contributed by atoms with Crippen molar-refractivity contribution in [2.75, 3.05) is 24.1 Å². The number of nitriles is 1. The van der Waals surface area contributed by atoms with E-state index in [2.05, 4.69) is 26.9 Å². The van der Waals surface area contributed by atoms with E-state index >= 15 is 0 Å². The van der Waals surface area contributed by atoms with Gasteiger partial charge in [-0.3, -0.25) is 9.69 Å². The smallest absolute Gasteiger partial charge is 0.229 e. The monoisotopic (exact) mass is 469 g/mol. The average Bonchev–Trinajstić information content (AvgIpc) is 2.75. The summed E-state index contributed by atoms with van der Waals surface area (Å²) in [6.45, 7) is 3.01. The number of halogens is 1. The molecule has 1 amide bonds. The fraction of sp³-hybridized carbons (Fsp3) is 0.273. The minimum Gasteiger partial charge on any atom is -0.494 e. The fourth-order valence-electron chi connectivity index (χ4n) is 3.63. The topological polar surface area (TPSA) is 56.6 Å². The number of amides is 1. The number of carbonyl (C=O) groups excluding carboxylic acids is 1. The number of anilines is 1. The van der Waals surface area contributed by atoms with Crippen molar-refractivity contribution >= 4 is 39.3 Å². The predicted molar refractivity (Wildman–Crippen MR) is 118 cm³/mol. The van der Waals surface area contributed by atoms with Crippen LogP contribution in [-0.2, 0) is 4.79 Å². The van der Waals surface area contributed by atoms with Crippen LogP contribution in [0, 0.1) is 11.3 Å². The number of thioether (sulfide) groups is 1. The number of ether oxygens (including phenoxy) is 1. The third-order valence-corrected chi connectivity index (χ3v) is 6.76. The summed E-state index contributed by atoms with van der Waals surface area (Å²) < 4.78 is 6.52. The largest absolute Gasteiger partial charge is 0.494 e. The van der Waals surface area contributed by atoms with Crippen molar-refractivity contribution in [3.05, 3.63) is 69.2 Å². The Morgan fingerprint density at radius 2 is 1.93 bits per heavy atom. The molecular weight excluding hydrogens is 450 g/mol. The standard InChI is InChI=1S/C22H20BrN3O2S/c1-2-28-18-9-3-15(4-10-18)19-11-21(27)26-13-25(14-29-22(26)20(19)12-24)17-7-5-16(23)6-8-17/h3-10,19H,2,11,13-14H2,1H3/t19-/m1/s1. The van der Waals surface area contributed by atoms with E-state index in [1.807, 2.05) is 55.5 Å². The number of nitrogens with zero attached hydrogens (tertiary/aromatic N) is 3. The van der Waals surface area contributed by atoms with Crippen molar-refractivity contribution in [3.63, 3.8) is 0 Å². The summed E-state index contributed by atoms with van der Waals surface area (Å²) >= 11 is 5.01. The molecule has 0 aromatic heterocycles. The van der Waals surface area contributed by atoms with Gasteiger partial charge < -0.3 is 9.64 Å². The van der Waals surface area contributed by atoms with E-state index in [0.29, 0.717) is 31.1 Å². The van der Waals surface area contributed by atoms with E-state index in [4.69, 9.17) is 4.74 Å². The molecule has 0 saturated carbocycles. The molecule has 148 valence electrons. The zero-order valence-electron chi connectivity index (χ0n) is 16.0. The molecule has 2 aromatic carbocycles. The van der Waals surface area contributed by atoms with Crippen LogP contribution >= 0.6 is 27.7 Å². The van der Waals surface area contributed by atoms with Gasteiger partial charge in [-0.1, -0.05) is 39.8 Å². The summed E-state index contributed by atoms with van der Waals surface area (Å²) in [5, 5.41) is 10.7. The van der Waals surface area contributed by atoms with Crippen LogP contribution in [0.1, 0.15) is 24.8 Å². The first-order valence-electron chi connectivity index (χ1n) is 9.41. The minimum absolute atomic E-state index is 0.0483. The lowest BCUT2D eigenvalue weighted by molar-refractivity contribution is -0.129. The lowest BCUT2D eigenvalue weighted by atomic mass is 9.86. The molecular formula is C22H20BrN3O2S. The second-order valence-electron chi connectivity index (χ2n) is 6.84. The van der Waals surface area contributed by atoms with Gasteiger partial charge in [0.2, 0.25) is 5.91 Å². The van der Waals surface area contributed by atoms with Crippen LogP contribution in [0.5, 0.6) is 5.75 Å². The molecule has 7 heteroatoms. The fourth-order valence-corrected chi connectivity index (χ4v) is 5.06. The molecule has 2 aliphatic heterocycles. The summed E-state index contributed by atoms with van der Waals surface area (Å²) in [5.74, 6) is 1.33. The first-order chi connectivity index (χ1) is 14.1. The van der Waals surface area contributed by atoms with E-state index in [1.54, 1.807) is 16.7 Å². The molecule has 1 atom stereocenters. The third kappa shape index (κ3) is 4.00. The molecule has 5 nitrogen and oxygen atoms in total. The Kier molecular flexibility index (Phi) is 5.84. The maximum absolute atomic E-state index is 13.0. The van der Waals surface area contributed by atoms with Crippen LogP contribution in [-0.4, -0.2) is 30.0 Å². The highest BCUT2D eigenvalue weighted by atomic mass is 79.9. The van der Waals surface area contributed by atoms with Crippen molar-refractivity contribution < 1.29 is 9.53 Å². The number of hydrogen-bond acceptors (Lipinski definition) is 5. The zero-order valence-corrected chi connectivity index (χ0v) is 18.4. The Morgan fingerprint density at radius 3 is 2.59 bits per heavy atom. The van der Waals surface area contributed by atoms with Gasteiger partial charge in [0.05, 0.1) is 35.8 Å². The van der Waals surface area contributed by atoms with E-state index in [-0.39, 0.29) is 11.8 Å². The second-order valence-corrected chi connectivity index (χ2v) is 8.69. The van der Waals surface area contributed by atoms with Gasteiger partial charge in [-0.25, -0.2) is 0 Å². The molecule has 2 aromatic rings. The van der Waals surface area contributed by atoms with Gasteiger partial charge in [-0.2, -0.15) is 5.26 Å². The quantitative estimate of drug-likeness (QED) is 0.625. The third-order valence-electron chi connectivity index (χ3n) is 5.08. The minimum atomic E-state index is -0.207. The normalized spacial score (nSPS) is 19.1. The SMILES string of the molecule is CCOc1ccc([C@H]2CC(=O)N3CN(c4ccc(Br)cc4)CSC3=C2C#N)cc1. The molecule has 0 unspecified atom stereocenters. The van der Waals surface area contributed by atoms with Gasteiger partial charge in [-0.15, -0.1) is 0 Å².